The Labute approximate surface area is 195 Å². The molecule has 6 nitrogen and oxygen atoms in total. The number of nitrogens with zero attached hydrogens (tertiary/aromatic N) is 3. The van der Waals surface area contributed by atoms with Gasteiger partial charge in [-0.2, -0.15) is 0 Å². The van der Waals surface area contributed by atoms with Crippen molar-refractivity contribution in [2.75, 3.05) is 53.0 Å². The molecule has 2 saturated heterocycles. The van der Waals surface area contributed by atoms with Crippen LogP contribution in [-0.4, -0.2) is 87.0 Å². The highest BCUT2D eigenvalue weighted by Gasteiger charge is 2.25. The number of likely N-dealkylation sites (tertiary alicyclic amines) is 1. The summed E-state index contributed by atoms with van der Waals surface area (Å²) >= 11 is 0. The Morgan fingerprint density at radius 1 is 1.16 bits per heavy atom. The first kappa shape index (κ1) is 25.0. The Morgan fingerprint density at radius 2 is 1.91 bits per heavy atom. The number of hydrogen-bond donors (Lipinski definition) is 1. The van der Waals surface area contributed by atoms with Gasteiger partial charge in [-0.3, -0.25) is 9.89 Å². The second kappa shape index (κ2) is 13.8. The van der Waals surface area contributed by atoms with Gasteiger partial charge >= 0.3 is 0 Å². The topological polar surface area (TPSA) is 49.3 Å². The van der Waals surface area contributed by atoms with Crippen molar-refractivity contribution in [2.45, 2.75) is 70.6 Å². The van der Waals surface area contributed by atoms with E-state index in [-0.39, 0.29) is 0 Å². The van der Waals surface area contributed by atoms with Crippen LogP contribution >= 0.6 is 0 Å². The van der Waals surface area contributed by atoms with E-state index >= 15 is 0 Å². The average Bonchev–Trinajstić information content (AvgIpc) is 2.85. The van der Waals surface area contributed by atoms with E-state index in [1.165, 1.54) is 18.4 Å². The first-order valence-corrected chi connectivity index (χ1v) is 12.7. The molecule has 0 bridgehead atoms. The largest absolute Gasteiger partial charge is 0.376 e. The molecule has 2 heterocycles. The number of benzene rings is 1. The smallest absolute Gasteiger partial charge is 0.193 e. The molecule has 1 aromatic rings. The quantitative estimate of drug-likeness (QED) is 0.442. The van der Waals surface area contributed by atoms with Crippen molar-refractivity contribution in [1.82, 2.24) is 15.1 Å². The summed E-state index contributed by atoms with van der Waals surface area (Å²) in [5.41, 5.74) is 1.39. The molecule has 0 amide bonds. The van der Waals surface area contributed by atoms with Crippen LogP contribution in [0.3, 0.4) is 0 Å². The van der Waals surface area contributed by atoms with Gasteiger partial charge in [-0.1, -0.05) is 44.2 Å². The molecule has 32 heavy (non-hydrogen) atoms. The number of guanidine groups is 1. The van der Waals surface area contributed by atoms with Crippen LogP contribution in [0.15, 0.2) is 35.3 Å². The molecule has 0 aromatic heterocycles. The Balaban J connectivity index is 1.46. The van der Waals surface area contributed by atoms with E-state index in [0.717, 1.165) is 77.6 Å². The number of ether oxygens (including phenoxy) is 2. The Hall–Kier alpha value is -1.63. The molecule has 2 aliphatic rings. The monoisotopic (exact) mass is 444 g/mol. The van der Waals surface area contributed by atoms with Gasteiger partial charge in [0.1, 0.15) is 0 Å². The second-order valence-corrected chi connectivity index (χ2v) is 9.00. The van der Waals surface area contributed by atoms with Gasteiger partial charge in [-0.15, -0.1) is 0 Å². The van der Waals surface area contributed by atoms with Crippen LogP contribution in [-0.2, 0) is 15.9 Å². The van der Waals surface area contributed by atoms with Crippen LogP contribution in [0, 0.1) is 0 Å². The minimum atomic E-state index is 0.304. The zero-order valence-electron chi connectivity index (χ0n) is 20.5. The lowest BCUT2D eigenvalue weighted by molar-refractivity contribution is -0.0721. The summed E-state index contributed by atoms with van der Waals surface area (Å²) in [6.45, 7) is 11.1. The van der Waals surface area contributed by atoms with E-state index in [1.807, 2.05) is 7.05 Å². The minimum absolute atomic E-state index is 0.304. The molecule has 3 rings (SSSR count). The highest BCUT2D eigenvalue weighted by molar-refractivity contribution is 5.80. The van der Waals surface area contributed by atoms with Crippen molar-refractivity contribution in [3.63, 3.8) is 0 Å². The second-order valence-electron chi connectivity index (χ2n) is 9.00. The van der Waals surface area contributed by atoms with Gasteiger partial charge < -0.3 is 19.7 Å². The SMILES string of the molecule is CCN(CC)C(CNC(=NC)N1CCC(OCC2CCCCO2)CC1)Cc1ccccc1. The Bertz CT molecular complexity index is 651. The van der Waals surface area contributed by atoms with Gasteiger partial charge in [-0.05, 0) is 57.2 Å². The van der Waals surface area contributed by atoms with Crippen LogP contribution < -0.4 is 5.32 Å². The molecule has 1 N–H and O–H groups in total. The molecule has 1 aromatic carbocycles. The van der Waals surface area contributed by atoms with Crippen LogP contribution in [0.4, 0.5) is 0 Å². The Morgan fingerprint density at radius 3 is 2.53 bits per heavy atom. The molecule has 0 aliphatic carbocycles. The summed E-state index contributed by atoms with van der Waals surface area (Å²) in [5, 5.41) is 3.68. The lowest BCUT2D eigenvalue weighted by Gasteiger charge is -2.36. The molecule has 0 radical (unpaired) electrons. The van der Waals surface area contributed by atoms with Gasteiger partial charge in [0.2, 0.25) is 0 Å². The summed E-state index contributed by atoms with van der Waals surface area (Å²) in [6, 6.07) is 11.3. The lowest BCUT2D eigenvalue weighted by atomic mass is 10.0. The molecular formula is C26H44N4O2. The first-order valence-electron chi connectivity index (χ1n) is 12.7. The maximum atomic E-state index is 6.19. The average molecular weight is 445 g/mol. The zero-order chi connectivity index (χ0) is 22.6. The van der Waals surface area contributed by atoms with Gasteiger partial charge in [0.25, 0.3) is 0 Å². The highest BCUT2D eigenvalue weighted by atomic mass is 16.5. The van der Waals surface area contributed by atoms with E-state index in [4.69, 9.17) is 9.47 Å². The van der Waals surface area contributed by atoms with Crippen LogP contribution in [0.2, 0.25) is 0 Å². The number of likely N-dealkylation sites (N-methyl/N-ethyl adjacent to an activating group) is 1. The van der Waals surface area contributed by atoms with E-state index in [1.54, 1.807) is 0 Å². The van der Waals surface area contributed by atoms with Gasteiger partial charge in [0, 0.05) is 39.3 Å². The number of hydrogen-bond acceptors (Lipinski definition) is 4. The fourth-order valence-corrected chi connectivity index (χ4v) is 4.91. The maximum absolute atomic E-state index is 6.19. The van der Waals surface area contributed by atoms with Gasteiger partial charge in [-0.25, -0.2) is 0 Å². The Kier molecular flexibility index (Phi) is 10.8. The third-order valence-electron chi connectivity index (χ3n) is 6.88. The predicted octanol–water partition coefficient (Wildman–Crippen LogP) is 3.57. The standard InChI is InChI=1S/C26H44N4O2/c1-4-29(5-2)23(19-22-11-7-6-8-12-22)20-28-26(27-3)30-16-14-24(15-17-30)32-21-25-13-9-10-18-31-25/h6-8,11-12,23-25H,4-5,9-10,13-21H2,1-3H3,(H,27,28). The molecular weight excluding hydrogens is 400 g/mol. The third-order valence-corrected chi connectivity index (χ3v) is 6.88. The van der Waals surface area contributed by atoms with Crippen molar-refractivity contribution >= 4 is 5.96 Å². The van der Waals surface area contributed by atoms with E-state index in [9.17, 15) is 0 Å². The van der Waals surface area contributed by atoms with Crippen molar-refractivity contribution in [3.8, 4) is 0 Å². The molecule has 2 fully saturated rings. The molecule has 0 saturated carbocycles. The summed E-state index contributed by atoms with van der Waals surface area (Å²) in [6.07, 6.45) is 7.41. The minimum Gasteiger partial charge on any atom is -0.376 e. The van der Waals surface area contributed by atoms with Crippen molar-refractivity contribution < 1.29 is 9.47 Å². The van der Waals surface area contributed by atoms with Gasteiger partial charge in [0.05, 0.1) is 18.8 Å². The van der Waals surface area contributed by atoms with Crippen molar-refractivity contribution in [1.29, 1.82) is 0 Å². The molecule has 2 aliphatic heterocycles. The number of piperidine rings is 1. The van der Waals surface area contributed by atoms with Crippen LogP contribution in [0.25, 0.3) is 0 Å². The normalized spacial score (nSPS) is 21.7. The molecule has 6 heteroatoms. The first-order chi connectivity index (χ1) is 15.7. The summed E-state index contributed by atoms with van der Waals surface area (Å²) in [5.74, 6) is 1.02. The van der Waals surface area contributed by atoms with Crippen molar-refractivity contribution in [3.05, 3.63) is 35.9 Å². The van der Waals surface area contributed by atoms with E-state index < -0.39 is 0 Å². The third kappa shape index (κ3) is 7.75. The predicted molar refractivity (Wildman–Crippen MR) is 132 cm³/mol. The van der Waals surface area contributed by atoms with Gasteiger partial charge in [0.15, 0.2) is 5.96 Å². The number of nitrogens with one attached hydrogen (secondary N) is 1. The van der Waals surface area contributed by atoms with E-state index in [2.05, 4.69) is 64.3 Å². The summed E-state index contributed by atoms with van der Waals surface area (Å²) < 4.78 is 12.0. The molecule has 180 valence electrons. The van der Waals surface area contributed by atoms with Crippen LogP contribution in [0.5, 0.6) is 0 Å². The molecule has 2 atom stereocenters. The van der Waals surface area contributed by atoms with Crippen molar-refractivity contribution in [2.24, 2.45) is 4.99 Å². The maximum Gasteiger partial charge on any atom is 0.193 e. The zero-order valence-corrected chi connectivity index (χ0v) is 20.5. The van der Waals surface area contributed by atoms with E-state index in [0.29, 0.717) is 18.2 Å². The number of aliphatic imine (C=N–C) groups is 1. The summed E-state index contributed by atoms with van der Waals surface area (Å²) in [7, 11) is 1.90. The fraction of sp³-hybridized carbons (Fsp3) is 0.731. The summed E-state index contributed by atoms with van der Waals surface area (Å²) in [4.78, 5) is 9.53. The number of rotatable bonds is 10. The fourth-order valence-electron chi connectivity index (χ4n) is 4.91. The highest BCUT2D eigenvalue weighted by Crippen LogP contribution is 2.18. The molecule has 2 unspecified atom stereocenters. The molecule has 0 spiro atoms. The van der Waals surface area contributed by atoms with Crippen LogP contribution in [0.1, 0.15) is 51.5 Å². The lowest BCUT2D eigenvalue weighted by Crippen LogP contribution is -2.51.